The number of thioether (sulfide) groups is 1. The molecule has 5 heteroatoms. The molecule has 1 rings (SSSR count). The fourth-order valence-electron chi connectivity index (χ4n) is 2.08. The van der Waals surface area contributed by atoms with Crippen molar-refractivity contribution in [3.8, 4) is 0 Å². The second-order valence-electron chi connectivity index (χ2n) is 5.44. The third kappa shape index (κ3) is 7.59. The van der Waals surface area contributed by atoms with E-state index in [1.165, 1.54) is 29.8 Å². The second kappa shape index (κ2) is 11.2. The van der Waals surface area contributed by atoms with Crippen LogP contribution in [-0.2, 0) is 6.42 Å². The maximum Gasteiger partial charge on any atom is 0.190 e. The minimum Gasteiger partial charge on any atom is -0.378 e. The van der Waals surface area contributed by atoms with Gasteiger partial charge in [-0.3, -0.25) is 4.99 Å². The Labute approximate surface area is 139 Å². The van der Waals surface area contributed by atoms with Gasteiger partial charge < -0.3 is 15.5 Å². The molecule has 0 radical (unpaired) electrons. The Morgan fingerprint density at radius 1 is 1.09 bits per heavy atom. The van der Waals surface area contributed by atoms with Crippen LogP contribution in [0.3, 0.4) is 0 Å². The summed E-state index contributed by atoms with van der Waals surface area (Å²) >= 11 is 1.90. The van der Waals surface area contributed by atoms with Gasteiger partial charge in [0.2, 0.25) is 0 Å². The van der Waals surface area contributed by atoms with Crippen molar-refractivity contribution in [1.82, 2.24) is 10.6 Å². The Morgan fingerprint density at radius 2 is 1.77 bits per heavy atom. The van der Waals surface area contributed by atoms with Gasteiger partial charge in [-0.2, -0.15) is 11.8 Å². The van der Waals surface area contributed by atoms with Crippen molar-refractivity contribution in [3.63, 3.8) is 0 Å². The van der Waals surface area contributed by atoms with Gasteiger partial charge in [0.25, 0.3) is 0 Å². The van der Waals surface area contributed by atoms with Crippen LogP contribution < -0.4 is 15.5 Å². The predicted molar refractivity (Wildman–Crippen MR) is 101 cm³/mol. The number of nitrogens with zero attached hydrogens (tertiary/aromatic N) is 2. The second-order valence-corrected chi connectivity index (χ2v) is 6.42. The minimum absolute atomic E-state index is 0.895. The predicted octanol–water partition coefficient (Wildman–Crippen LogP) is 2.60. The lowest BCUT2D eigenvalue weighted by atomic mass is 10.1. The van der Waals surface area contributed by atoms with E-state index in [0.29, 0.717) is 0 Å². The summed E-state index contributed by atoms with van der Waals surface area (Å²) in [5.41, 5.74) is 2.58. The maximum atomic E-state index is 4.26. The molecule has 22 heavy (non-hydrogen) atoms. The molecule has 0 saturated heterocycles. The van der Waals surface area contributed by atoms with E-state index < -0.39 is 0 Å². The van der Waals surface area contributed by atoms with Crippen molar-refractivity contribution in [2.45, 2.75) is 19.3 Å². The standard InChI is InChI=1S/C17H30N4S/c1-18-17(19-12-5-6-14-22-4)20-13-11-15-7-9-16(10-8-15)21(2)3/h7-10H,5-6,11-14H2,1-4H3,(H2,18,19,20). The molecule has 0 aromatic heterocycles. The van der Waals surface area contributed by atoms with Crippen LogP contribution in [0.15, 0.2) is 29.3 Å². The van der Waals surface area contributed by atoms with Crippen LogP contribution >= 0.6 is 11.8 Å². The molecule has 1 aromatic carbocycles. The molecule has 0 bridgehead atoms. The summed E-state index contributed by atoms with van der Waals surface area (Å²) in [4.78, 5) is 6.37. The highest BCUT2D eigenvalue weighted by Crippen LogP contribution is 2.12. The molecule has 0 aliphatic carbocycles. The number of guanidine groups is 1. The lowest BCUT2D eigenvalue weighted by molar-refractivity contribution is 0.730. The number of aliphatic imine (C=N–C) groups is 1. The Hall–Kier alpha value is -1.36. The Bertz CT molecular complexity index is 429. The summed E-state index contributed by atoms with van der Waals surface area (Å²) in [6.45, 7) is 1.88. The van der Waals surface area contributed by atoms with Crippen molar-refractivity contribution >= 4 is 23.4 Å². The molecule has 0 aliphatic rings. The van der Waals surface area contributed by atoms with Crippen LogP contribution in [0, 0.1) is 0 Å². The number of benzene rings is 1. The van der Waals surface area contributed by atoms with E-state index in [1.807, 2.05) is 18.8 Å². The van der Waals surface area contributed by atoms with Crippen LogP contribution in [0.5, 0.6) is 0 Å². The molecular formula is C17H30N4S. The van der Waals surface area contributed by atoms with Gasteiger partial charge in [-0.25, -0.2) is 0 Å². The molecule has 0 fully saturated rings. The van der Waals surface area contributed by atoms with Crippen molar-refractivity contribution in [2.75, 3.05) is 51.1 Å². The van der Waals surface area contributed by atoms with Crippen molar-refractivity contribution in [1.29, 1.82) is 0 Å². The van der Waals surface area contributed by atoms with E-state index in [2.05, 4.69) is 65.1 Å². The molecule has 124 valence electrons. The number of nitrogens with one attached hydrogen (secondary N) is 2. The van der Waals surface area contributed by atoms with E-state index in [-0.39, 0.29) is 0 Å². The molecule has 0 spiro atoms. The molecule has 0 saturated carbocycles. The monoisotopic (exact) mass is 322 g/mol. The number of hydrogen-bond donors (Lipinski definition) is 2. The molecule has 2 N–H and O–H groups in total. The summed E-state index contributed by atoms with van der Waals surface area (Å²) in [6, 6.07) is 8.70. The normalized spacial score (nSPS) is 11.4. The minimum atomic E-state index is 0.895. The first-order chi connectivity index (χ1) is 10.7. The van der Waals surface area contributed by atoms with Crippen molar-refractivity contribution < 1.29 is 0 Å². The lowest BCUT2D eigenvalue weighted by Gasteiger charge is -2.14. The fraction of sp³-hybridized carbons (Fsp3) is 0.588. The number of unbranched alkanes of at least 4 members (excludes halogenated alkanes) is 1. The zero-order valence-electron chi connectivity index (χ0n) is 14.4. The van der Waals surface area contributed by atoms with E-state index in [1.54, 1.807) is 0 Å². The number of anilines is 1. The molecule has 1 aromatic rings. The van der Waals surface area contributed by atoms with E-state index in [9.17, 15) is 0 Å². The van der Waals surface area contributed by atoms with Gasteiger partial charge in [-0.15, -0.1) is 0 Å². The Morgan fingerprint density at radius 3 is 2.36 bits per heavy atom. The summed E-state index contributed by atoms with van der Waals surface area (Å²) in [5.74, 6) is 2.13. The van der Waals surface area contributed by atoms with E-state index in [0.717, 1.165) is 25.5 Å². The first-order valence-electron chi connectivity index (χ1n) is 7.87. The maximum absolute atomic E-state index is 4.26. The Balaban J connectivity index is 2.23. The molecule has 0 atom stereocenters. The van der Waals surface area contributed by atoms with Crippen LogP contribution in [-0.4, -0.2) is 52.2 Å². The average molecular weight is 323 g/mol. The van der Waals surface area contributed by atoms with Crippen LogP contribution in [0.25, 0.3) is 0 Å². The summed E-state index contributed by atoms with van der Waals surface area (Å²) < 4.78 is 0. The molecule has 0 heterocycles. The summed E-state index contributed by atoms with van der Waals surface area (Å²) in [7, 11) is 5.94. The van der Waals surface area contributed by atoms with Gasteiger partial charge in [-0.1, -0.05) is 12.1 Å². The summed E-state index contributed by atoms with van der Waals surface area (Å²) in [6.07, 6.45) is 5.59. The van der Waals surface area contributed by atoms with Gasteiger partial charge in [0.1, 0.15) is 0 Å². The topological polar surface area (TPSA) is 39.7 Å². The van der Waals surface area contributed by atoms with Gasteiger partial charge in [0.05, 0.1) is 0 Å². The quantitative estimate of drug-likeness (QED) is 0.416. The fourth-order valence-corrected chi connectivity index (χ4v) is 2.58. The largest absolute Gasteiger partial charge is 0.378 e. The Kier molecular flexibility index (Phi) is 9.55. The number of rotatable bonds is 9. The van der Waals surface area contributed by atoms with E-state index >= 15 is 0 Å². The highest BCUT2D eigenvalue weighted by atomic mass is 32.2. The highest BCUT2D eigenvalue weighted by Gasteiger charge is 1.99. The summed E-state index contributed by atoms with van der Waals surface area (Å²) in [5, 5.41) is 6.73. The first kappa shape index (κ1) is 18.7. The van der Waals surface area contributed by atoms with Crippen LogP contribution in [0.1, 0.15) is 18.4 Å². The smallest absolute Gasteiger partial charge is 0.190 e. The highest BCUT2D eigenvalue weighted by molar-refractivity contribution is 7.98. The molecular weight excluding hydrogens is 292 g/mol. The average Bonchev–Trinajstić information content (AvgIpc) is 2.53. The SMILES string of the molecule is CN=C(NCCCCSC)NCCc1ccc(N(C)C)cc1. The molecule has 0 unspecified atom stereocenters. The third-order valence-corrected chi connectivity index (χ3v) is 4.15. The molecule has 4 nitrogen and oxygen atoms in total. The zero-order valence-corrected chi connectivity index (χ0v) is 15.2. The van der Waals surface area contributed by atoms with Gasteiger partial charge in [0, 0.05) is 39.9 Å². The molecule has 0 amide bonds. The van der Waals surface area contributed by atoms with Crippen molar-refractivity contribution in [3.05, 3.63) is 29.8 Å². The third-order valence-electron chi connectivity index (χ3n) is 3.45. The molecule has 0 aliphatic heterocycles. The van der Waals surface area contributed by atoms with Crippen molar-refractivity contribution in [2.24, 2.45) is 4.99 Å². The van der Waals surface area contributed by atoms with Gasteiger partial charge in [-0.05, 0) is 49.0 Å². The zero-order chi connectivity index (χ0) is 16.2. The first-order valence-corrected chi connectivity index (χ1v) is 9.26. The van der Waals surface area contributed by atoms with Crippen LogP contribution in [0.4, 0.5) is 5.69 Å². The van der Waals surface area contributed by atoms with Crippen LogP contribution in [0.2, 0.25) is 0 Å². The van der Waals surface area contributed by atoms with Gasteiger partial charge in [0.15, 0.2) is 5.96 Å². The van der Waals surface area contributed by atoms with Gasteiger partial charge >= 0.3 is 0 Å². The number of hydrogen-bond acceptors (Lipinski definition) is 3. The lowest BCUT2D eigenvalue weighted by Crippen LogP contribution is -2.38. The van der Waals surface area contributed by atoms with E-state index in [4.69, 9.17) is 0 Å².